The van der Waals surface area contributed by atoms with Crippen molar-refractivity contribution in [2.24, 2.45) is 46.3 Å². The highest BCUT2D eigenvalue weighted by Gasteiger charge is 2.64. The van der Waals surface area contributed by atoms with E-state index in [2.05, 4.69) is 20.8 Å². The van der Waals surface area contributed by atoms with Gasteiger partial charge in [-0.3, -0.25) is 4.79 Å². The molecule has 0 heterocycles. The molecule has 29 heavy (non-hydrogen) atoms. The van der Waals surface area contributed by atoms with Crippen LogP contribution in [0, 0.1) is 46.3 Å². The van der Waals surface area contributed by atoms with Gasteiger partial charge in [-0.2, -0.15) is 0 Å². The fourth-order valence-corrected chi connectivity index (χ4v) is 8.79. The zero-order valence-corrected chi connectivity index (χ0v) is 18.3. The van der Waals surface area contributed by atoms with Gasteiger partial charge in [0.15, 0.2) is 0 Å². The SMILES string of the molecule is C[C@H](CCC(=O)O)[C@H]1CC[C@H]2[C@@H]3C(O)CC4C(O)C(O)CC[C@]4(C)[C@H]3CC[C@]12C. The van der Waals surface area contributed by atoms with Crippen molar-refractivity contribution in [2.45, 2.75) is 96.9 Å². The predicted molar refractivity (Wildman–Crippen MR) is 110 cm³/mol. The maximum Gasteiger partial charge on any atom is 0.303 e. The van der Waals surface area contributed by atoms with Crippen LogP contribution < -0.4 is 0 Å². The Balaban J connectivity index is 1.57. The molecule has 4 saturated carbocycles. The Labute approximate surface area is 174 Å². The molecule has 166 valence electrons. The van der Waals surface area contributed by atoms with Crippen molar-refractivity contribution in [3.05, 3.63) is 0 Å². The summed E-state index contributed by atoms with van der Waals surface area (Å²) in [5, 5.41) is 41.3. The topological polar surface area (TPSA) is 98.0 Å². The van der Waals surface area contributed by atoms with Crippen molar-refractivity contribution in [3.8, 4) is 0 Å². The fraction of sp³-hybridized carbons (Fsp3) is 0.958. The minimum Gasteiger partial charge on any atom is -0.481 e. The summed E-state index contributed by atoms with van der Waals surface area (Å²) in [6.07, 6.45) is 5.87. The molecule has 4 unspecified atom stereocenters. The van der Waals surface area contributed by atoms with Crippen LogP contribution in [0.1, 0.15) is 78.6 Å². The Kier molecular flexibility index (Phi) is 5.57. The molecule has 0 radical (unpaired) electrons. The lowest BCUT2D eigenvalue weighted by atomic mass is 9.43. The molecule has 4 fully saturated rings. The van der Waals surface area contributed by atoms with Gasteiger partial charge in [-0.25, -0.2) is 0 Å². The van der Waals surface area contributed by atoms with E-state index in [1.807, 2.05) is 0 Å². The Morgan fingerprint density at radius 1 is 0.931 bits per heavy atom. The lowest BCUT2D eigenvalue weighted by Crippen LogP contribution is -2.62. The van der Waals surface area contributed by atoms with E-state index in [1.165, 1.54) is 0 Å². The first-order valence-corrected chi connectivity index (χ1v) is 11.9. The number of aliphatic hydroxyl groups excluding tert-OH is 3. The Hall–Kier alpha value is -0.650. The van der Waals surface area contributed by atoms with Gasteiger partial charge in [0.1, 0.15) is 0 Å². The summed E-state index contributed by atoms with van der Waals surface area (Å²) >= 11 is 0. The van der Waals surface area contributed by atoms with E-state index in [0.717, 1.165) is 38.5 Å². The average Bonchev–Trinajstić information content (AvgIpc) is 3.02. The highest BCUT2D eigenvalue weighted by molar-refractivity contribution is 5.66. The lowest BCUT2D eigenvalue weighted by molar-refractivity contribution is -0.206. The molecular weight excluding hydrogens is 368 g/mol. The number of carboxylic acids is 1. The fourth-order valence-electron chi connectivity index (χ4n) is 8.79. The van der Waals surface area contributed by atoms with Crippen LogP contribution >= 0.6 is 0 Å². The summed E-state index contributed by atoms with van der Waals surface area (Å²) in [6.45, 7) is 6.94. The number of aliphatic hydroxyl groups is 3. The summed E-state index contributed by atoms with van der Waals surface area (Å²) in [4.78, 5) is 11.1. The van der Waals surface area contributed by atoms with Gasteiger partial charge in [0.05, 0.1) is 18.3 Å². The molecule has 5 heteroatoms. The molecule has 0 spiro atoms. The van der Waals surface area contributed by atoms with Gasteiger partial charge in [0.25, 0.3) is 0 Å². The third kappa shape index (κ3) is 3.27. The van der Waals surface area contributed by atoms with Crippen LogP contribution in [0.2, 0.25) is 0 Å². The van der Waals surface area contributed by atoms with E-state index >= 15 is 0 Å². The van der Waals surface area contributed by atoms with Crippen molar-refractivity contribution in [2.75, 3.05) is 0 Å². The molecule has 0 saturated heterocycles. The van der Waals surface area contributed by atoms with Crippen LogP contribution in [0.25, 0.3) is 0 Å². The van der Waals surface area contributed by atoms with Gasteiger partial charge in [-0.15, -0.1) is 0 Å². The highest BCUT2D eigenvalue weighted by Crippen LogP contribution is 2.68. The van der Waals surface area contributed by atoms with Crippen molar-refractivity contribution in [1.29, 1.82) is 0 Å². The van der Waals surface area contributed by atoms with Crippen LogP contribution in [0.3, 0.4) is 0 Å². The standard InChI is InChI=1S/C24H40O5/c1-13(4-7-20(27)28)14-5-6-15-21-16(8-10-23(14,15)2)24(3)11-9-18(25)22(29)17(24)12-19(21)26/h13-19,21-22,25-26,29H,4-12H2,1-3H3,(H,27,28)/t13-,14-,15+,16+,17?,18?,19?,21+,22?,23-,24-/m1/s1. The van der Waals surface area contributed by atoms with E-state index in [-0.39, 0.29) is 29.1 Å². The molecule has 0 bridgehead atoms. The van der Waals surface area contributed by atoms with Gasteiger partial charge in [0.2, 0.25) is 0 Å². The van der Waals surface area contributed by atoms with Gasteiger partial charge in [-0.1, -0.05) is 20.8 Å². The molecule has 4 aliphatic rings. The second-order valence-corrected chi connectivity index (χ2v) is 11.4. The second kappa shape index (κ2) is 7.49. The number of rotatable bonds is 4. The number of hydrogen-bond acceptors (Lipinski definition) is 4. The van der Waals surface area contributed by atoms with Crippen molar-refractivity contribution < 1.29 is 25.2 Å². The maximum atomic E-state index is 11.3. The Morgan fingerprint density at radius 2 is 1.59 bits per heavy atom. The number of carbonyl (C=O) groups is 1. The van der Waals surface area contributed by atoms with Gasteiger partial charge < -0.3 is 20.4 Å². The molecule has 4 aliphatic carbocycles. The van der Waals surface area contributed by atoms with Crippen LogP contribution in [0.15, 0.2) is 0 Å². The second-order valence-electron chi connectivity index (χ2n) is 11.4. The minimum atomic E-state index is -0.718. The lowest BCUT2D eigenvalue weighted by Gasteiger charge is -2.63. The summed E-state index contributed by atoms with van der Waals surface area (Å²) < 4.78 is 0. The molecule has 4 rings (SSSR count). The van der Waals surface area contributed by atoms with Crippen LogP contribution in [0.4, 0.5) is 0 Å². The molecule has 0 aliphatic heterocycles. The van der Waals surface area contributed by atoms with E-state index in [9.17, 15) is 20.1 Å². The number of aliphatic carboxylic acids is 1. The Bertz CT molecular complexity index is 637. The summed E-state index contributed by atoms with van der Waals surface area (Å²) in [5.41, 5.74) is 0.174. The first-order valence-electron chi connectivity index (χ1n) is 11.9. The van der Waals surface area contributed by atoms with Crippen molar-refractivity contribution in [3.63, 3.8) is 0 Å². The van der Waals surface area contributed by atoms with Crippen LogP contribution in [-0.2, 0) is 4.79 Å². The molecule has 0 aromatic rings. The third-order valence-corrected chi connectivity index (χ3v) is 10.3. The first-order chi connectivity index (χ1) is 13.6. The van der Waals surface area contributed by atoms with Crippen LogP contribution in [0.5, 0.6) is 0 Å². The number of hydrogen-bond donors (Lipinski definition) is 4. The maximum absolute atomic E-state index is 11.3. The quantitative estimate of drug-likeness (QED) is 0.571. The molecule has 0 aromatic carbocycles. The van der Waals surface area contributed by atoms with Gasteiger partial charge >= 0.3 is 5.97 Å². The monoisotopic (exact) mass is 408 g/mol. The number of carboxylic acid groups (broad SMARTS) is 1. The average molecular weight is 409 g/mol. The number of fused-ring (bicyclic) bond motifs is 5. The smallest absolute Gasteiger partial charge is 0.303 e. The van der Waals surface area contributed by atoms with E-state index in [0.29, 0.717) is 36.5 Å². The van der Waals surface area contributed by atoms with Gasteiger partial charge in [-0.05, 0) is 97.7 Å². The normalized spacial score (nSPS) is 52.9. The molecule has 4 N–H and O–H groups in total. The zero-order chi connectivity index (χ0) is 21.1. The minimum absolute atomic E-state index is 0.00309. The predicted octanol–water partition coefficient (Wildman–Crippen LogP) is 3.45. The van der Waals surface area contributed by atoms with E-state index in [4.69, 9.17) is 5.11 Å². The Morgan fingerprint density at radius 3 is 2.28 bits per heavy atom. The zero-order valence-electron chi connectivity index (χ0n) is 18.3. The molecule has 0 amide bonds. The highest BCUT2D eigenvalue weighted by atomic mass is 16.4. The van der Waals surface area contributed by atoms with E-state index in [1.54, 1.807) is 0 Å². The molecule has 0 aromatic heterocycles. The molecule has 11 atom stereocenters. The summed E-state index contributed by atoms with van der Waals surface area (Å²) in [5.74, 6) is 1.37. The molecular formula is C24H40O5. The summed E-state index contributed by atoms with van der Waals surface area (Å²) in [7, 11) is 0. The third-order valence-electron chi connectivity index (χ3n) is 10.3. The van der Waals surface area contributed by atoms with Crippen LogP contribution in [-0.4, -0.2) is 44.7 Å². The van der Waals surface area contributed by atoms with E-state index < -0.39 is 24.3 Å². The largest absolute Gasteiger partial charge is 0.481 e. The first kappa shape index (κ1) is 21.6. The molecule has 5 nitrogen and oxygen atoms in total. The summed E-state index contributed by atoms with van der Waals surface area (Å²) in [6, 6.07) is 0. The van der Waals surface area contributed by atoms with Crippen molar-refractivity contribution in [1.82, 2.24) is 0 Å². The van der Waals surface area contributed by atoms with Gasteiger partial charge in [0, 0.05) is 6.42 Å². The van der Waals surface area contributed by atoms with Crippen molar-refractivity contribution >= 4 is 5.97 Å².